The number of unbranched alkanes of at least 4 members (excludes halogenated alkanes) is 4. The van der Waals surface area contributed by atoms with Gasteiger partial charge in [0.25, 0.3) is 10.0 Å². The fourth-order valence-corrected chi connectivity index (χ4v) is 6.16. The molecule has 2 heterocycles. The van der Waals surface area contributed by atoms with Gasteiger partial charge in [-0.1, -0.05) is 31.0 Å². The molecule has 1 atom stereocenters. The van der Waals surface area contributed by atoms with Crippen LogP contribution in [0.15, 0.2) is 47.4 Å². The second-order valence-electron chi connectivity index (χ2n) is 11.6. The molecule has 12 heteroatoms. The van der Waals surface area contributed by atoms with Crippen molar-refractivity contribution in [2.75, 3.05) is 32.8 Å². The number of carbonyl (C=O) groups is 2. The molecule has 2 aliphatic heterocycles. The topological polar surface area (TPSA) is 133 Å². The van der Waals surface area contributed by atoms with Gasteiger partial charge in [-0.3, -0.25) is 0 Å². The minimum Gasteiger partial charge on any atom is -0.463 e. The molecule has 1 saturated heterocycles. The maximum Gasteiger partial charge on any atom is 0.410 e. The summed E-state index contributed by atoms with van der Waals surface area (Å²) in [4.78, 5) is 25.9. The van der Waals surface area contributed by atoms with Crippen molar-refractivity contribution >= 4 is 22.1 Å². The number of fused-ring (bicyclic) bond motifs is 1. The van der Waals surface area contributed by atoms with Gasteiger partial charge in [0.15, 0.2) is 0 Å². The van der Waals surface area contributed by atoms with Crippen molar-refractivity contribution in [3.8, 4) is 5.75 Å². The Labute approximate surface area is 260 Å². The number of carbonyl (C=O) groups excluding carboxylic acids is 2. The largest absolute Gasteiger partial charge is 0.463 e. The molecule has 4 rings (SSSR count). The zero-order chi connectivity index (χ0) is 31.6. The van der Waals surface area contributed by atoms with Crippen LogP contribution in [0.4, 0.5) is 9.59 Å². The van der Waals surface area contributed by atoms with Crippen LogP contribution in [-0.4, -0.2) is 64.1 Å². The van der Waals surface area contributed by atoms with Crippen molar-refractivity contribution in [1.82, 2.24) is 14.9 Å². The summed E-state index contributed by atoms with van der Waals surface area (Å²) in [6.07, 6.45) is 5.81. The van der Waals surface area contributed by atoms with E-state index in [-0.39, 0.29) is 17.1 Å². The molecular weight excluding hydrogens is 586 g/mol. The molecular formula is C32H45N3O8S. The van der Waals surface area contributed by atoms with Crippen LogP contribution in [-0.2, 0) is 37.3 Å². The molecule has 0 bridgehead atoms. The molecule has 44 heavy (non-hydrogen) atoms. The molecule has 2 N–H and O–H groups in total. The van der Waals surface area contributed by atoms with E-state index in [1.165, 1.54) is 6.07 Å². The average molecular weight is 632 g/mol. The predicted octanol–water partition coefficient (Wildman–Crippen LogP) is 5.43. The van der Waals surface area contributed by atoms with E-state index in [9.17, 15) is 18.0 Å². The highest BCUT2D eigenvalue weighted by atomic mass is 32.2. The van der Waals surface area contributed by atoms with Crippen molar-refractivity contribution in [2.45, 2.75) is 89.1 Å². The molecule has 1 fully saturated rings. The lowest BCUT2D eigenvalue weighted by atomic mass is 10.0. The van der Waals surface area contributed by atoms with Gasteiger partial charge in [-0.2, -0.15) is 0 Å². The number of nitrogens with zero attached hydrogens (tertiary/aromatic N) is 1. The highest BCUT2D eigenvalue weighted by molar-refractivity contribution is 7.90. The van der Waals surface area contributed by atoms with Crippen LogP contribution in [0.2, 0.25) is 0 Å². The molecule has 0 aliphatic carbocycles. The minimum absolute atomic E-state index is 0.0729. The third kappa shape index (κ3) is 9.83. The van der Waals surface area contributed by atoms with E-state index >= 15 is 0 Å². The summed E-state index contributed by atoms with van der Waals surface area (Å²) in [6, 6.07) is 11.8. The van der Waals surface area contributed by atoms with Crippen LogP contribution in [0.25, 0.3) is 0 Å². The lowest BCUT2D eigenvalue weighted by Crippen LogP contribution is -2.39. The third-order valence-electron chi connectivity index (χ3n) is 7.52. The summed E-state index contributed by atoms with van der Waals surface area (Å²) in [5, 5.41) is 2.42. The fourth-order valence-electron chi connectivity index (χ4n) is 5.16. The lowest BCUT2D eigenvalue weighted by molar-refractivity contribution is -0.180. The molecule has 0 spiro atoms. The zero-order valence-electron chi connectivity index (χ0n) is 25.9. The number of hydrogen-bond acceptors (Lipinski definition) is 8. The number of rotatable bonds is 16. The molecule has 0 saturated carbocycles. The van der Waals surface area contributed by atoms with Crippen molar-refractivity contribution in [1.29, 1.82) is 0 Å². The Kier molecular flexibility index (Phi) is 11.9. The summed E-state index contributed by atoms with van der Waals surface area (Å²) in [5.41, 5.74) is 2.81. The lowest BCUT2D eigenvalue weighted by Gasteiger charge is -2.32. The number of nitrogens with one attached hydrogen (secondary N) is 2. The molecule has 2 aromatic carbocycles. The Bertz CT molecular complexity index is 1380. The van der Waals surface area contributed by atoms with Gasteiger partial charge in [0.1, 0.15) is 11.9 Å². The van der Waals surface area contributed by atoms with Crippen LogP contribution in [0.5, 0.6) is 5.75 Å². The number of aryl methyl sites for hydroxylation is 1. The molecule has 0 aromatic heterocycles. The molecule has 2 aromatic rings. The van der Waals surface area contributed by atoms with Gasteiger partial charge in [-0.25, -0.2) is 22.7 Å². The number of benzene rings is 2. The first kappa shape index (κ1) is 33.5. The van der Waals surface area contributed by atoms with Gasteiger partial charge in [-0.05, 0) is 74.4 Å². The normalized spacial score (nSPS) is 17.5. The zero-order valence-corrected chi connectivity index (χ0v) is 26.7. The Hall–Kier alpha value is -3.35. The fraction of sp³-hybridized carbons (Fsp3) is 0.562. The second-order valence-corrected chi connectivity index (χ2v) is 13.3. The Morgan fingerprint density at radius 2 is 1.82 bits per heavy atom. The van der Waals surface area contributed by atoms with Gasteiger partial charge in [0, 0.05) is 45.7 Å². The van der Waals surface area contributed by atoms with Gasteiger partial charge in [-0.15, -0.1) is 0 Å². The summed E-state index contributed by atoms with van der Waals surface area (Å²) in [6.45, 7) is 8.84. The smallest absolute Gasteiger partial charge is 0.410 e. The Balaban J connectivity index is 1.04. The van der Waals surface area contributed by atoms with Gasteiger partial charge < -0.3 is 29.2 Å². The van der Waals surface area contributed by atoms with Crippen LogP contribution in [0.3, 0.4) is 0 Å². The quantitative estimate of drug-likeness (QED) is 0.234. The van der Waals surface area contributed by atoms with E-state index < -0.39 is 21.8 Å². The Morgan fingerprint density at radius 3 is 2.61 bits per heavy atom. The van der Waals surface area contributed by atoms with E-state index in [0.29, 0.717) is 39.5 Å². The van der Waals surface area contributed by atoms with Crippen molar-refractivity contribution in [3.05, 3.63) is 59.2 Å². The maximum atomic E-state index is 12.4. The number of amides is 3. The van der Waals surface area contributed by atoms with Gasteiger partial charge in [0.2, 0.25) is 5.79 Å². The summed E-state index contributed by atoms with van der Waals surface area (Å²) in [7, 11) is -3.90. The van der Waals surface area contributed by atoms with E-state index in [1.807, 2.05) is 42.8 Å². The van der Waals surface area contributed by atoms with E-state index in [2.05, 4.69) is 5.32 Å². The molecule has 11 nitrogen and oxygen atoms in total. The number of cyclic esters (lactones) is 1. The van der Waals surface area contributed by atoms with Gasteiger partial charge >= 0.3 is 12.1 Å². The Morgan fingerprint density at radius 1 is 1.05 bits per heavy atom. The average Bonchev–Trinajstić information content (AvgIpc) is 3.35. The first-order chi connectivity index (χ1) is 21.1. The predicted molar refractivity (Wildman–Crippen MR) is 165 cm³/mol. The number of sulfonamides is 1. The van der Waals surface area contributed by atoms with E-state index in [4.69, 9.17) is 18.9 Å². The first-order valence-corrected chi connectivity index (χ1v) is 16.9. The molecule has 0 radical (unpaired) electrons. The number of ether oxygens (including phenoxy) is 4. The van der Waals surface area contributed by atoms with Crippen LogP contribution < -0.4 is 14.8 Å². The highest BCUT2D eigenvalue weighted by Gasteiger charge is 2.33. The van der Waals surface area contributed by atoms with Crippen LogP contribution in [0, 0.1) is 0 Å². The van der Waals surface area contributed by atoms with Crippen LogP contribution >= 0.6 is 0 Å². The molecule has 1 unspecified atom stereocenters. The monoisotopic (exact) mass is 631 g/mol. The maximum absolute atomic E-state index is 12.4. The first-order valence-electron chi connectivity index (χ1n) is 15.4. The standard InChI is InChI=1S/C32H45N3O8S/c1-4-33-30(36)34-44(38,39)27-14-11-13-24(20-27)12-7-10-19-40-18-9-6-5-8-17-35-22-29(42-31(35)37)25-15-16-28-26(21-25)23-41-32(2,3)43-28/h11,13-16,20-21,29H,4-10,12,17-19,22-23H2,1-3H3,(H2,33,34,36). The third-order valence-corrected chi connectivity index (χ3v) is 8.85. The van der Waals surface area contributed by atoms with Crippen molar-refractivity contribution < 1.29 is 37.0 Å². The van der Waals surface area contributed by atoms with Crippen molar-refractivity contribution in [2.24, 2.45) is 0 Å². The number of urea groups is 1. The van der Waals surface area contributed by atoms with Gasteiger partial charge in [0.05, 0.1) is 18.0 Å². The van der Waals surface area contributed by atoms with E-state index in [1.54, 1.807) is 24.0 Å². The van der Waals surface area contributed by atoms with Crippen molar-refractivity contribution in [3.63, 3.8) is 0 Å². The highest BCUT2D eigenvalue weighted by Crippen LogP contribution is 2.35. The molecule has 2 aliphatic rings. The summed E-state index contributed by atoms with van der Waals surface area (Å²) < 4.78 is 49.8. The molecule has 242 valence electrons. The second kappa shape index (κ2) is 15.6. The summed E-state index contributed by atoms with van der Waals surface area (Å²) in [5.74, 6) is 0.164. The molecule has 3 amide bonds. The minimum atomic E-state index is -3.90. The summed E-state index contributed by atoms with van der Waals surface area (Å²) >= 11 is 0. The SMILES string of the molecule is CCNC(=O)NS(=O)(=O)c1cccc(CCCCOCCCCCCN2CC(c3ccc4c(c3)COC(C)(C)O4)OC2=O)c1. The van der Waals surface area contributed by atoms with Crippen LogP contribution in [0.1, 0.15) is 82.1 Å². The van der Waals surface area contributed by atoms with E-state index in [0.717, 1.165) is 67.4 Å². The number of hydrogen-bond donors (Lipinski definition) is 2.